The Bertz CT molecular complexity index is 2770. The summed E-state index contributed by atoms with van der Waals surface area (Å²) in [5.41, 5.74) is 20.1. The smallest absolute Gasteiger partial charge is 0.0738 e. The minimum absolute atomic E-state index is 0.0394. The minimum atomic E-state index is 0.0394. The zero-order valence-electron chi connectivity index (χ0n) is 34.1. The van der Waals surface area contributed by atoms with Crippen LogP contribution in [0.4, 0.5) is 0 Å². The van der Waals surface area contributed by atoms with Crippen molar-refractivity contribution < 1.29 is 0 Å². The van der Waals surface area contributed by atoms with Crippen molar-refractivity contribution in [2.45, 2.75) is 59.3 Å². The van der Waals surface area contributed by atoms with Gasteiger partial charge in [-0.05, 0) is 134 Å². The maximum atomic E-state index is 5.47. The Morgan fingerprint density at radius 2 is 0.690 bits per heavy atom. The lowest BCUT2D eigenvalue weighted by Gasteiger charge is -2.19. The minimum Gasteiger partial charge on any atom is -0.354 e. The molecule has 0 radical (unpaired) electrons. The number of aromatic nitrogens is 4. The first kappa shape index (κ1) is 37.8. The van der Waals surface area contributed by atoms with Crippen LogP contribution in [0.2, 0.25) is 0 Å². The van der Waals surface area contributed by atoms with E-state index in [1.54, 1.807) is 0 Å². The predicted molar refractivity (Wildman–Crippen MR) is 255 cm³/mol. The molecule has 286 valence electrons. The van der Waals surface area contributed by atoms with E-state index in [0.717, 1.165) is 89.4 Å². The maximum absolute atomic E-state index is 5.47. The van der Waals surface area contributed by atoms with Crippen molar-refractivity contribution in [1.82, 2.24) is 19.9 Å². The number of H-pyrrole nitrogens is 2. The second kappa shape index (κ2) is 14.5. The van der Waals surface area contributed by atoms with E-state index in [1.165, 1.54) is 20.3 Å². The number of nitrogens with one attached hydrogen (secondary N) is 2. The number of aromatic amines is 2. The first-order valence-electron chi connectivity index (χ1n) is 20.0. The van der Waals surface area contributed by atoms with Crippen molar-refractivity contribution in [1.29, 1.82) is 0 Å². The van der Waals surface area contributed by atoms with Crippen LogP contribution < -0.4 is 0 Å². The van der Waals surface area contributed by atoms with Gasteiger partial charge in [-0.1, -0.05) is 132 Å². The molecule has 5 heteroatoms. The van der Waals surface area contributed by atoms with Gasteiger partial charge in [0.2, 0.25) is 0 Å². The number of aryl methyl sites for hydroxylation is 1. The third-order valence-corrected chi connectivity index (χ3v) is 12.0. The number of hydrogen-bond donors (Lipinski definition) is 2. The van der Waals surface area contributed by atoms with Crippen molar-refractivity contribution in [2.24, 2.45) is 0 Å². The van der Waals surface area contributed by atoms with E-state index < -0.39 is 0 Å². The summed E-state index contributed by atoms with van der Waals surface area (Å²) in [4.78, 5) is 18.7. The highest BCUT2D eigenvalue weighted by Crippen LogP contribution is 2.39. The molecule has 5 heterocycles. The van der Waals surface area contributed by atoms with Gasteiger partial charge in [-0.2, -0.15) is 0 Å². The first-order valence-corrected chi connectivity index (χ1v) is 21.1. The molecule has 0 aliphatic carbocycles. The van der Waals surface area contributed by atoms with Gasteiger partial charge in [0.05, 0.1) is 22.8 Å². The standard InChI is InChI=1S/C53H47IN4/c1-32-8-10-33(11-9-32)48-40-24-26-42(55-40)49(34-12-18-37(19-13-34)52(2,3)4)44-28-30-46(57-44)51(36-16-22-39(54)23-17-36)47-31-29-45(58-47)50(43-27-25-41(48)56-43)35-14-20-38(21-15-35)53(5,6)7/h8-31,57-58H,1-7H3. The van der Waals surface area contributed by atoms with Gasteiger partial charge in [-0.15, -0.1) is 0 Å². The molecule has 0 amide bonds. The van der Waals surface area contributed by atoms with Crippen LogP contribution >= 0.6 is 22.6 Å². The monoisotopic (exact) mass is 866 g/mol. The molecule has 0 spiro atoms. The van der Waals surface area contributed by atoms with Gasteiger partial charge >= 0.3 is 0 Å². The quantitative estimate of drug-likeness (QED) is 0.173. The number of fused-ring (bicyclic) bond motifs is 8. The van der Waals surface area contributed by atoms with Crippen LogP contribution in [0.5, 0.6) is 0 Å². The molecule has 7 aromatic rings. The molecular weight excluding hydrogens is 820 g/mol. The van der Waals surface area contributed by atoms with E-state index in [0.29, 0.717) is 0 Å². The summed E-state index contributed by atoms with van der Waals surface area (Å²) < 4.78 is 1.19. The Balaban J connectivity index is 1.43. The predicted octanol–water partition coefficient (Wildman–Crippen LogP) is 14.8. The van der Waals surface area contributed by atoms with Crippen molar-refractivity contribution >= 4 is 69.0 Å². The summed E-state index contributed by atoms with van der Waals surface area (Å²) in [6.07, 6.45) is 8.63. The number of benzene rings is 4. The van der Waals surface area contributed by atoms with Crippen molar-refractivity contribution in [3.63, 3.8) is 0 Å². The lowest BCUT2D eigenvalue weighted by atomic mass is 9.86. The Hall–Kier alpha value is -5.79. The summed E-state index contributed by atoms with van der Waals surface area (Å²) >= 11 is 2.38. The van der Waals surface area contributed by atoms with Crippen LogP contribution in [0.25, 0.3) is 90.9 Å². The van der Waals surface area contributed by atoms with Crippen LogP contribution in [0, 0.1) is 10.5 Å². The number of halogens is 1. The van der Waals surface area contributed by atoms with Gasteiger partial charge in [0.1, 0.15) is 0 Å². The van der Waals surface area contributed by atoms with E-state index in [9.17, 15) is 0 Å². The van der Waals surface area contributed by atoms with Gasteiger partial charge in [0, 0.05) is 47.9 Å². The molecule has 9 rings (SSSR count). The summed E-state index contributed by atoms with van der Waals surface area (Å²) in [6.45, 7) is 15.7. The fourth-order valence-corrected chi connectivity index (χ4v) is 8.39. The number of rotatable bonds is 4. The third-order valence-electron chi connectivity index (χ3n) is 11.3. The van der Waals surface area contributed by atoms with Crippen molar-refractivity contribution in [3.8, 4) is 44.5 Å². The Morgan fingerprint density at radius 1 is 0.379 bits per heavy atom. The Morgan fingerprint density at radius 3 is 1.09 bits per heavy atom. The SMILES string of the molecule is Cc1ccc(-c2c3nc(c(-c4ccc(C(C)(C)C)cc4)c4ccc([nH]4)c(-c4ccc(I)cc4)c4ccc([nH]4)c(-c4ccc(C(C)(C)C)cc4)c4nc2C=C4)C=C3)cc1. The van der Waals surface area contributed by atoms with Crippen LogP contribution in [-0.2, 0) is 10.8 Å². The number of hydrogen-bond acceptors (Lipinski definition) is 2. The highest BCUT2D eigenvalue weighted by atomic mass is 127. The Kier molecular flexibility index (Phi) is 9.47. The first-order chi connectivity index (χ1) is 27.8. The van der Waals surface area contributed by atoms with Gasteiger partial charge in [0.25, 0.3) is 0 Å². The zero-order chi connectivity index (χ0) is 40.3. The molecule has 0 saturated carbocycles. The normalized spacial score (nSPS) is 12.7. The second-order valence-corrected chi connectivity index (χ2v) is 18.8. The molecular formula is C53H47IN4. The molecule has 2 N–H and O–H groups in total. The number of nitrogens with zero attached hydrogens (tertiary/aromatic N) is 2. The molecule has 3 aromatic heterocycles. The lowest BCUT2D eigenvalue weighted by molar-refractivity contribution is 0.590. The van der Waals surface area contributed by atoms with Gasteiger partial charge < -0.3 is 9.97 Å². The molecule has 2 aliphatic heterocycles. The second-order valence-electron chi connectivity index (χ2n) is 17.5. The molecule has 4 aromatic carbocycles. The van der Waals surface area contributed by atoms with E-state index in [1.807, 2.05) is 0 Å². The highest BCUT2D eigenvalue weighted by molar-refractivity contribution is 14.1. The van der Waals surface area contributed by atoms with Crippen LogP contribution in [0.15, 0.2) is 121 Å². The van der Waals surface area contributed by atoms with Crippen molar-refractivity contribution in [3.05, 3.63) is 164 Å². The zero-order valence-corrected chi connectivity index (χ0v) is 36.3. The molecule has 4 nitrogen and oxygen atoms in total. The van der Waals surface area contributed by atoms with Gasteiger partial charge in [-0.3, -0.25) is 0 Å². The van der Waals surface area contributed by atoms with Crippen LogP contribution in [0.3, 0.4) is 0 Å². The largest absolute Gasteiger partial charge is 0.354 e. The topological polar surface area (TPSA) is 57.4 Å². The van der Waals surface area contributed by atoms with Crippen molar-refractivity contribution in [2.75, 3.05) is 0 Å². The fourth-order valence-electron chi connectivity index (χ4n) is 8.03. The summed E-state index contributed by atoms with van der Waals surface area (Å²) in [5.74, 6) is 0. The van der Waals surface area contributed by atoms with Gasteiger partial charge in [-0.25, -0.2) is 9.97 Å². The molecule has 0 atom stereocenters. The summed E-state index contributed by atoms with van der Waals surface area (Å²) in [5, 5.41) is 0. The molecule has 8 bridgehead atoms. The van der Waals surface area contributed by atoms with E-state index in [-0.39, 0.29) is 10.8 Å². The summed E-state index contributed by atoms with van der Waals surface area (Å²) in [7, 11) is 0. The fraction of sp³-hybridized carbons (Fsp3) is 0.170. The van der Waals surface area contributed by atoms with Crippen LogP contribution in [-0.4, -0.2) is 19.9 Å². The molecule has 0 fully saturated rings. The van der Waals surface area contributed by atoms with Gasteiger partial charge in [0.15, 0.2) is 0 Å². The average molecular weight is 867 g/mol. The average Bonchev–Trinajstić information content (AvgIpc) is 4.04. The third kappa shape index (κ3) is 7.17. The summed E-state index contributed by atoms with van der Waals surface area (Å²) in [6, 6.07) is 44.3. The molecule has 0 unspecified atom stereocenters. The molecule has 0 saturated heterocycles. The lowest BCUT2D eigenvalue weighted by Crippen LogP contribution is -2.10. The Labute approximate surface area is 355 Å². The maximum Gasteiger partial charge on any atom is 0.0738 e. The van der Waals surface area contributed by atoms with E-state index >= 15 is 0 Å². The van der Waals surface area contributed by atoms with E-state index in [2.05, 4.69) is 227 Å². The van der Waals surface area contributed by atoms with Crippen LogP contribution in [0.1, 0.15) is 81.0 Å². The molecule has 2 aliphatic rings. The molecule has 58 heavy (non-hydrogen) atoms. The highest BCUT2D eigenvalue weighted by Gasteiger charge is 2.21. The van der Waals surface area contributed by atoms with E-state index in [4.69, 9.17) is 9.97 Å².